The van der Waals surface area contributed by atoms with Crippen molar-refractivity contribution in [2.75, 3.05) is 40.5 Å². The number of aromatic amines is 2. The molecule has 4 aromatic carbocycles. The number of likely N-dealkylation sites (tertiary alicyclic amines) is 2. The van der Waals surface area contributed by atoms with Gasteiger partial charge < -0.3 is 44.6 Å². The molecule has 0 bridgehead atoms. The molecule has 4 atom stereocenters. The summed E-state index contributed by atoms with van der Waals surface area (Å²) in [5.74, 6) is 0.905. The van der Waals surface area contributed by atoms with Crippen molar-refractivity contribution in [3.63, 3.8) is 0 Å². The Labute approximate surface area is 376 Å². The normalized spacial score (nSPS) is 18.6. The van der Waals surface area contributed by atoms with Crippen molar-refractivity contribution in [2.24, 2.45) is 5.92 Å². The van der Waals surface area contributed by atoms with Gasteiger partial charge in [0.25, 0.3) is 5.91 Å². The Bertz CT molecular complexity index is 2710. The first-order chi connectivity index (χ1) is 31.7. The molecule has 334 valence electrons. The van der Waals surface area contributed by atoms with E-state index in [0.717, 1.165) is 62.8 Å². The molecule has 0 aliphatic carbocycles. The van der Waals surface area contributed by atoms with Crippen molar-refractivity contribution in [1.82, 2.24) is 40.4 Å². The number of nitrogens with one attached hydrogen (secondary N) is 4. The Hall–Kier alpha value is -7.26. The molecule has 2 aromatic heterocycles. The molecule has 4 amide bonds. The maximum Gasteiger partial charge on any atom is 0.407 e. The molecule has 4 unspecified atom stereocenters. The number of nitrogens with zero attached hydrogens (tertiary/aromatic N) is 4. The number of carbonyl (C=O) groups is 4. The predicted octanol–water partition coefficient (Wildman–Crippen LogP) is 8.03. The number of fused-ring (bicyclic) bond motifs is 1. The smallest absolute Gasteiger partial charge is 0.407 e. The molecule has 15 heteroatoms. The van der Waals surface area contributed by atoms with Crippen LogP contribution >= 0.6 is 0 Å². The van der Waals surface area contributed by atoms with Crippen molar-refractivity contribution in [1.29, 1.82) is 0 Å². The molecule has 3 fully saturated rings. The van der Waals surface area contributed by atoms with Crippen LogP contribution in [0, 0.1) is 5.92 Å². The standard InChI is InChI=1S/C50H52N8O7/c1-30-24-42(58(29-30)48(60)44(56-50(62)64-3)34-19-22-65-23-20-34)46-52-27-39(53-46)32-13-11-31(12-14-32)35-15-16-37-26-38(18-17-36(37)25-35)40-28-51-45(54-40)41-10-7-21-57(41)47(59)43(55-49(61)63-2)33-8-5-4-6-9-33/h4-6,8-9,11-18,25-28,34,41-44H,1,7,10,19-24,29H2,2-3H3,(H,51,54)(H,52,53)(H,55,61)(H,56,62). The van der Waals surface area contributed by atoms with Gasteiger partial charge in [-0.15, -0.1) is 0 Å². The summed E-state index contributed by atoms with van der Waals surface area (Å²) in [6.45, 7) is 6.20. The van der Waals surface area contributed by atoms with Crippen LogP contribution in [0.2, 0.25) is 0 Å². The first-order valence-corrected chi connectivity index (χ1v) is 22.0. The minimum Gasteiger partial charge on any atom is -0.453 e. The number of alkyl carbamates (subject to hydrolysis) is 2. The van der Waals surface area contributed by atoms with E-state index in [0.29, 0.717) is 62.8 Å². The number of imidazole rings is 2. The Morgan fingerprint density at radius 2 is 1.31 bits per heavy atom. The molecule has 0 radical (unpaired) electrons. The zero-order chi connectivity index (χ0) is 45.0. The lowest BCUT2D eigenvalue weighted by Crippen LogP contribution is -2.53. The lowest BCUT2D eigenvalue weighted by Gasteiger charge is -2.34. The average molecular weight is 877 g/mol. The van der Waals surface area contributed by atoms with Crippen molar-refractivity contribution in [2.45, 2.75) is 56.3 Å². The van der Waals surface area contributed by atoms with Gasteiger partial charge in [0.1, 0.15) is 23.7 Å². The zero-order valence-corrected chi connectivity index (χ0v) is 36.4. The van der Waals surface area contributed by atoms with Crippen LogP contribution in [0.25, 0.3) is 44.4 Å². The number of aromatic nitrogens is 4. The van der Waals surface area contributed by atoms with E-state index >= 15 is 0 Å². The van der Waals surface area contributed by atoms with E-state index < -0.39 is 24.3 Å². The number of benzene rings is 4. The number of hydrogen-bond donors (Lipinski definition) is 4. The molecule has 3 saturated heterocycles. The van der Waals surface area contributed by atoms with Gasteiger partial charge in [0.2, 0.25) is 5.91 Å². The summed E-state index contributed by atoms with van der Waals surface area (Å²) in [7, 11) is 2.58. The van der Waals surface area contributed by atoms with Crippen molar-refractivity contribution < 1.29 is 33.4 Å². The maximum atomic E-state index is 14.1. The van der Waals surface area contributed by atoms with Crippen LogP contribution in [0.5, 0.6) is 0 Å². The van der Waals surface area contributed by atoms with E-state index in [1.165, 1.54) is 14.2 Å². The van der Waals surface area contributed by atoms with Gasteiger partial charge in [0.05, 0.1) is 50.1 Å². The van der Waals surface area contributed by atoms with E-state index in [1.54, 1.807) is 16.0 Å². The third-order valence-electron chi connectivity index (χ3n) is 12.9. The number of rotatable bonds is 11. The van der Waals surface area contributed by atoms with Gasteiger partial charge >= 0.3 is 12.2 Å². The summed E-state index contributed by atoms with van der Waals surface area (Å²) >= 11 is 0. The summed E-state index contributed by atoms with van der Waals surface area (Å²) in [6.07, 6.45) is 5.76. The third kappa shape index (κ3) is 9.09. The molecule has 65 heavy (non-hydrogen) atoms. The second-order valence-electron chi connectivity index (χ2n) is 16.9. The summed E-state index contributed by atoms with van der Waals surface area (Å²) in [5.41, 5.74) is 7.35. The fourth-order valence-electron chi connectivity index (χ4n) is 9.40. The first kappa shape index (κ1) is 43.0. The van der Waals surface area contributed by atoms with Crippen LogP contribution in [0.4, 0.5) is 9.59 Å². The highest BCUT2D eigenvalue weighted by Gasteiger charge is 2.41. The first-order valence-electron chi connectivity index (χ1n) is 22.0. The van der Waals surface area contributed by atoms with Crippen LogP contribution in [0.15, 0.2) is 116 Å². The minimum absolute atomic E-state index is 0.0681. The molecule has 6 aromatic rings. The number of methoxy groups -OCH3 is 2. The molecule has 15 nitrogen and oxygen atoms in total. The quantitative estimate of drug-likeness (QED) is 0.0937. The fraction of sp³-hybridized carbons (Fsp3) is 0.320. The molecule has 9 rings (SSSR count). The van der Waals surface area contributed by atoms with Gasteiger partial charge in [0, 0.05) is 31.9 Å². The summed E-state index contributed by atoms with van der Waals surface area (Å²) in [5, 5.41) is 7.68. The molecule has 0 saturated carbocycles. The largest absolute Gasteiger partial charge is 0.453 e. The Morgan fingerprint density at radius 1 is 0.708 bits per heavy atom. The number of hydrogen-bond acceptors (Lipinski definition) is 9. The van der Waals surface area contributed by atoms with E-state index in [9.17, 15) is 19.2 Å². The van der Waals surface area contributed by atoms with Crippen molar-refractivity contribution >= 4 is 34.8 Å². The Morgan fingerprint density at radius 3 is 2.00 bits per heavy atom. The van der Waals surface area contributed by atoms with Crippen LogP contribution in [0.1, 0.15) is 67.4 Å². The topological polar surface area (TPSA) is 184 Å². The highest BCUT2D eigenvalue weighted by atomic mass is 16.5. The van der Waals surface area contributed by atoms with E-state index in [1.807, 2.05) is 36.5 Å². The van der Waals surface area contributed by atoms with Gasteiger partial charge in [-0.05, 0) is 83.2 Å². The number of H-pyrrole nitrogens is 2. The van der Waals surface area contributed by atoms with E-state index in [4.69, 9.17) is 24.2 Å². The number of carbonyl (C=O) groups excluding carboxylic acids is 4. The highest BCUT2D eigenvalue weighted by Crippen LogP contribution is 2.38. The second-order valence-corrected chi connectivity index (χ2v) is 16.9. The SMILES string of the molecule is C=C1CC(c2ncc(-c3ccc(-c4ccc5cc(-c6cnc(C7CCCN7C(=O)C(NC(=O)OC)c7ccccc7)[nH]6)ccc5c4)cc3)[nH]2)N(C(=O)C(NC(=O)OC)C2CCOCC2)C1. The number of ether oxygens (including phenoxy) is 3. The number of amides is 4. The monoisotopic (exact) mass is 876 g/mol. The van der Waals surface area contributed by atoms with Crippen molar-refractivity contribution in [3.8, 4) is 33.6 Å². The van der Waals surface area contributed by atoms with Crippen LogP contribution in [-0.2, 0) is 23.8 Å². The molecule has 5 heterocycles. The summed E-state index contributed by atoms with van der Waals surface area (Å²) < 4.78 is 15.3. The average Bonchev–Trinajstić information content (AvgIpc) is 4.20. The molecule has 3 aliphatic rings. The molecular formula is C50H52N8O7. The van der Waals surface area contributed by atoms with Gasteiger partial charge in [-0.3, -0.25) is 9.59 Å². The van der Waals surface area contributed by atoms with Crippen LogP contribution in [0.3, 0.4) is 0 Å². The molecule has 3 aliphatic heterocycles. The van der Waals surface area contributed by atoms with E-state index in [2.05, 4.69) is 87.8 Å². The Balaban J connectivity index is 0.876. The van der Waals surface area contributed by atoms with Crippen LogP contribution < -0.4 is 10.6 Å². The summed E-state index contributed by atoms with van der Waals surface area (Å²) in [4.78, 5) is 72.7. The molecule has 0 spiro atoms. The second kappa shape index (κ2) is 18.8. The third-order valence-corrected chi connectivity index (χ3v) is 12.9. The maximum absolute atomic E-state index is 14.1. The van der Waals surface area contributed by atoms with E-state index in [-0.39, 0.29) is 29.8 Å². The lowest BCUT2D eigenvalue weighted by atomic mass is 9.90. The van der Waals surface area contributed by atoms with Crippen LogP contribution in [-0.4, -0.2) is 100 Å². The molecule has 4 N–H and O–H groups in total. The van der Waals surface area contributed by atoms with Crippen molar-refractivity contribution in [3.05, 3.63) is 133 Å². The molecular weight excluding hydrogens is 825 g/mol. The fourth-order valence-corrected chi connectivity index (χ4v) is 9.40. The van der Waals surface area contributed by atoms with Gasteiger partial charge in [-0.25, -0.2) is 19.6 Å². The van der Waals surface area contributed by atoms with Gasteiger partial charge in [-0.2, -0.15) is 0 Å². The minimum atomic E-state index is -0.886. The predicted molar refractivity (Wildman–Crippen MR) is 244 cm³/mol. The van der Waals surface area contributed by atoms with Gasteiger partial charge in [0.15, 0.2) is 0 Å². The lowest BCUT2D eigenvalue weighted by molar-refractivity contribution is -0.137. The zero-order valence-electron chi connectivity index (χ0n) is 36.4. The van der Waals surface area contributed by atoms with Gasteiger partial charge in [-0.1, -0.05) is 91.0 Å². The Kier molecular flexibility index (Phi) is 12.5. The highest BCUT2D eigenvalue weighted by molar-refractivity contribution is 5.91. The summed E-state index contributed by atoms with van der Waals surface area (Å²) in [6, 6.07) is 28.0.